The van der Waals surface area contributed by atoms with E-state index in [1.165, 1.54) is 21.3 Å². The Morgan fingerprint density at radius 3 is 2.03 bits per heavy atom. The van der Waals surface area contributed by atoms with Crippen LogP contribution in [0, 0.1) is 11.8 Å². The predicted molar refractivity (Wildman–Crippen MR) is 135 cm³/mol. The quantitative estimate of drug-likeness (QED) is 0.218. The van der Waals surface area contributed by atoms with Gasteiger partial charge < -0.3 is 59.4 Å². The largest absolute Gasteiger partial charge is 0.504 e. The first-order valence-corrected chi connectivity index (χ1v) is 12.6. The SMILES string of the molecule is COc1cc2c(cc1O)C(c1cc(OC)c(O)c(OC)c1)C(CO)C(COC1OC(CO)C(O)C(O)C1O)C2. The van der Waals surface area contributed by atoms with Crippen molar-refractivity contribution in [2.45, 2.75) is 43.0 Å². The minimum absolute atomic E-state index is 0.0284. The van der Waals surface area contributed by atoms with E-state index in [0.29, 0.717) is 12.0 Å². The standard InChI is InChI=1S/C27H36O12/c1-35-18-5-12-4-14(11-38-27-26(34)25(33)24(32)21(10-29)39-27)16(9-28)22(15(12)8-17(18)30)13-6-19(36-2)23(31)20(7-13)37-3/h5-8,14,16,21-22,24-34H,4,9-11H2,1-3H3. The second kappa shape index (κ2) is 12.1. The summed E-state index contributed by atoms with van der Waals surface area (Å²) in [5, 5.41) is 71.8. The summed E-state index contributed by atoms with van der Waals surface area (Å²) >= 11 is 0. The summed E-state index contributed by atoms with van der Waals surface area (Å²) in [7, 11) is 4.25. The molecule has 2 aromatic carbocycles. The van der Waals surface area contributed by atoms with Gasteiger partial charge in [0.1, 0.15) is 24.4 Å². The first kappa shape index (κ1) is 29.2. The molecule has 216 valence electrons. The highest BCUT2D eigenvalue weighted by atomic mass is 16.7. The zero-order valence-corrected chi connectivity index (χ0v) is 21.9. The maximum Gasteiger partial charge on any atom is 0.200 e. The number of aromatic hydroxyl groups is 2. The van der Waals surface area contributed by atoms with Gasteiger partial charge in [-0.15, -0.1) is 0 Å². The topological polar surface area (TPSA) is 188 Å². The highest BCUT2D eigenvalue weighted by Crippen LogP contribution is 2.50. The lowest BCUT2D eigenvalue weighted by Gasteiger charge is -2.42. The van der Waals surface area contributed by atoms with Gasteiger partial charge in [-0.1, -0.05) is 0 Å². The highest BCUT2D eigenvalue weighted by molar-refractivity contribution is 5.57. The molecule has 39 heavy (non-hydrogen) atoms. The average Bonchev–Trinajstić information content (AvgIpc) is 2.94. The van der Waals surface area contributed by atoms with Crippen molar-refractivity contribution in [2.75, 3.05) is 41.2 Å². The van der Waals surface area contributed by atoms with Gasteiger partial charge in [0.05, 0.1) is 34.5 Å². The number of phenols is 2. The van der Waals surface area contributed by atoms with E-state index in [-0.39, 0.29) is 47.9 Å². The van der Waals surface area contributed by atoms with Crippen molar-refractivity contribution in [1.82, 2.24) is 0 Å². The molecule has 12 nitrogen and oxygen atoms in total. The number of fused-ring (bicyclic) bond motifs is 1. The molecule has 0 spiro atoms. The Labute approximate surface area is 225 Å². The van der Waals surface area contributed by atoms with E-state index >= 15 is 0 Å². The van der Waals surface area contributed by atoms with Gasteiger partial charge >= 0.3 is 0 Å². The number of ether oxygens (including phenoxy) is 5. The lowest BCUT2D eigenvalue weighted by atomic mass is 9.66. The van der Waals surface area contributed by atoms with Gasteiger partial charge in [0, 0.05) is 12.5 Å². The summed E-state index contributed by atoms with van der Waals surface area (Å²) in [4.78, 5) is 0. The molecule has 1 saturated heterocycles. The molecule has 1 aliphatic carbocycles. The Morgan fingerprint density at radius 2 is 1.46 bits per heavy atom. The first-order valence-electron chi connectivity index (χ1n) is 12.6. The molecule has 4 rings (SSSR count). The predicted octanol–water partition coefficient (Wildman–Crippen LogP) is -0.147. The van der Waals surface area contributed by atoms with Gasteiger partial charge in [-0.2, -0.15) is 0 Å². The second-order valence-corrected chi connectivity index (χ2v) is 9.82. The van der Waals surface area contributed by atoms with Crippen molar-refractivity contribution < 1.29 is 59.4 Å². The van der Waals surface area contributed by atoms with Crippen LogP contribution in [0.25, 0.3) is 0 Å². The summed E-state index contributed by atoms with van der Waals surface area (Å²) < 4.78 is 27.4. The van der Waals surface area contributed by atoms with Crippen LogP contribution in [0.15, 0.2) is 24.3 Å². The number of aliphatic hydroxyl groups is 5. The molecule has 1 heterocycles. The van der Waals surface area contributed by atoms with E-state index < -0.39 is 49.1 Å². The molecule has 1 fully saturated rings. The van der Waals surface area contributed by atoms with Gasteiger partial charge in [0.2, 0.25) is 5.75 Å². The monoisotopic (exact) mass is 552 g/mol. The lowest BCUT2D eigenvalue weighted by molar-refractivity contribution is -0.304. The van der Waals surface area contributed by atoms with Crippen LogP contribution in [-0.4, -0.2) is 108 Å². The Hall–Kier alpha value is -2.84. The van der Waals surface area contributed by atoms with Gasteiger partial charge in [-0.25, -0.2) is 0 Å². The normalized spacial score (nSPS) is 30.5. The van der Waals surface area contributed by atoms with Crippen LogP contribution >= 0.6 is 0 Å². The summed E-state index contributed by atoms with van der Waals surface area (Å²) in [5.41, 5.74) is 2.18. The molecule has 0 saturated carbocycles. The summed E-state index contributed by atoms with van der Waals surface area (Å²) in [5.74, 6) is -1.01. The van der Waals surface area contributed by atoms with Gasteiger partial charge in [0.25, 0.3) is 0 Å². The summed E-state index contributed by atoms with van der Waals surface area (Å²) in [6, 6.07) is 6.57. The minimum Gasteiger partial charge on any atom is -0.504 e. The van der Waals surface area contributed by atoms with Crippen molar-refractivity contribution in [3.63, 3.8) is 0 Å². The van der Waals surface area contributed by atoms with Crippen molar-refractivity contribution in [3.8, 4) is 28.7 Å². The van der Waals surface area contributed by atoms with Crippen LogP contribution in [0.1, 0.15) is 22.6 Å². The van der Waals surface area contributed by atoms with Gasteiger partial charge in [-0.05, 0) is 59.2 Å². The Kier molecular flexibility index (Phi) is 9.07. The molecule has 0 bridgehead atoms. The van der Waals surface area contributed by atoms with E-state index in [4.69, 9.17) is 23.7 Å². The zero-order valence-electron chi connectivity index (χ0n) is 21.9. The van der Waals surface area contributed by atoms with E-state index in [0.717, 1.165) is 11.1 Å². The van der Waals surface area contributed by atoms with Crippen LogP contribution < -0.4 is 14.2 Å². The molecule has 0 radical (unpaired) electrons. The fraction of sp³-hybridized carbons (Fsp3) is 0.556. The van der Waals surface area contributed by atoms with Crippen molar-refractivity contribution in [2.24, 2.45) is 11.8 Å². The number of phenolic OH excluding ortho intramolecular Hbond substituents is 2. The van der Waals surface area contributed by atoms with Gasteiger partial charge in [-0.3, -0.25) is 0 Å². The maximum atomic E-state index is 10.6. The van der Waals surface area contributed by atoms with E-state index in [2.05, 4.69) is 0 Å². The molecule has 0 amide bonds. The average molecular weight is 553 g/mol. The molecular weight excluding hydrogens is 516 g/mol. The third kappa shape index (κ3) is 5.46. The molecule has 12 heteroatoms. The molecule has 8 atom stereocenters. The zero-order chi connectivity index (χ0) is 28.4. The summed E-state index contributed by atoms with van der Waals surface area (Å²) in [6.07, 6.45) is -6.71. The highest BCUT2D eigenvalue weighted by Gasteiger charge is 2.45. The molecular formula is C27H36O12. The molecule has 2 aliphatic rings. The Morgan fingerprint density at radius 1 is 0.821 bits per heavy atom. The first-order chi connectivity index (χ1) is 18.7. The third-order valence-corrected chi connectivity index (χ3v) is 7.69. The Bertz CT molecular complexity index is 1110. The number of aliphatic hydroxyl groups excluding tert-OH is 5. The van der Waals surface area contributed by atoms with Crippen LogP contribution in [0.3, 0.4) is 0 Å². The smallest absolute Gasteiger partial charge is 0.200 e. The molecule has 0 aromatic heterocycles. The lowest BCUT2D eigenvalue weighted by Crippen LogP contribution is -2.59. The van der Waals surface area contributed by atoms with Crippen molar-refractivity contribution >= 4 is 0 Å². The minimum atomic E-state index is -1.58. The van der Waals surface area contributed by atoms with Gasteiger partial charge in [0.15, 0.2) is 29.3 Å². The van der Waals surface area contributed by atoms with E-state index in [1.54, 1.807) is 24.3 Å². The summed E-state index contributed by atoms with van der Waals surface area (Å²) in [6.45, 7) is -0.902. The van der Waals surface area contributed by atoms with Crippen LogP contribution in [0.4, 0.5) is 0 Å². The molecule has 8 unspecified atom stereocenters. The number of rotatable bonds is 9. The molecule has 1 aliphatic heterocycles. The molecule has 7 N–H and O–H groups in total. The number of methoxy groups -OCH3 is 3. The fourth-order valence-corrected chi connectivity index (χ4v) is 5.57. The second-order valence-electron chi connectivity index (χ2n) is 9.82. The fourth-order valence-electron chi connectivity index (χ4n) is 5.57. The number of benzene rings is 2. The van der Waals surface area contributed by atoms with Crippen LogP contribution in [-0.2, 0) is 15.9 Å². The van der Waals surface area contributed by atoms with Crippen LogP contribution in [0.2, 0.25) is 0 Å². The number of hydrogen-bond donors (Lipinski definition) is 7. The Balaban J connectivity index is 1.73. The third-order valence-electron chi connectivity index (χ3n) is 7.69. The van der Waals surface area contributed by atoms with Crippen LogP contribution in [0.5, 0.6) is 28.7 Å². The van der Waals surface area contributed by atoms with Crippen molar-refractivity contribution in [1.29, 1.82) is 0 Å². The van der Waals surface area contributed by atoms with E-state index in [9.17, 15) is 35.7 Å². The maximum absolute atomic E-state index is 10.6. The number of hydrogen-bond acceptors (Lipinski definition) is 12. The van der Waals surface area contributed by atoms with E-state index in [1.807, 2.05) is 0 Å². The molecule has 2 aromatic rings. The van der Waals surface area contributed by atoms with Crippen molar-refractivity contribution in [3.05, 3.63) is 41.0 Å².